The summed E-state index contributed by atoms with van der Waals surface area (Å²) in [6.45, 7) is 0.190. The van der Waals surface area contributed by atoms with E-state index in [1.807, 2.05) is 54.4 Å². The third-order valence-electron chi connectivity index (χ3n) is 5.21. The highest BCUT2D eigenvalue weighted by Crippen LogP contribution is 2.39. The van der Waals surface area contributed by atoms with Gasteiger partial charge in [-0.2, -0.15) is 13.2 Å². The van der Waals surface area contributed by atoms with E-state index in [2.05, 4.69) is 15.2 Å². The Morgan fingerprint density at radius 2 is 1.66 bits per heavy atom. The Bertz CT molecular complexity index is 1290. The number of alkyl halides is 3. The Hall–Kier alpha value is -4.01. The van der Waals surface area contributed by atoms with Crippen LogP contribution in [0, 0.1) is 0 Å². The summed E-state index contributed by atoms with van der Waals surface area (Å²) in [6, 6.07) is 18.2. The van der Waals surface area contributed by atoms with E-state index in [4.69, 9.17) is 9.47 Å². The van der Waals surface area contributed by atoms with Crippen molar-refractivity contribution in [2.75, 3.05) is 18.7 Å². The molecule has 0 unspecified atom stereocenters. The minimum Gasteiger partial charge on any atom is -0.454 e. The van der Waals surface area contributed by atoms with Crippen molar-refractivity contribution >= 4 is 11.4 Å². The molecule has 5 rings (SSSR count). The number of aromatic amines is 1. The summed E-state index contributed by atoms with van der Waals surface area (Å²) in [5.41, 5.74) is 2.02. The molecule has 4 aromatic rings. The fraction of sp³-hybridized carbons (Fsp3) is 0.130. The number of benzene rings is 3. The summed E-state index contributed by atoms with van der Waals surface area (Å²) in [7, 11) is 1.90. The summed E-state index contributed by atoms with van der Waals surface area (Å²) in [5, 5.41) is 8.27. The maximum absolute atomic E-state index is 13.1. The van der Waals surface area contributed by atoms with Gasteiger partial charge in [-0.25, -0.2) is 0 Å². The molecule has 6 nitrogen and oxygen atoms in total. The maximum atomic E-state index is 13.1. The predicted molar refractivity (Wildman–Crippen MR) is 113 cm³/mol. The van der Waals surface area contributed by atoms with Crippen LogP contribution in [-0.2, 0) is 6.18 Å². The smallest absolute Gasteiger partial charge is 0.416 e. The first-order valence-electron chi connectivity index (χ1n) is 9.73. The molecule has 1 N–H and O–H groups in total. The molecule has 0 radical (unpaired) electrons. The number of halogens is 3. The van der Waals surface area contributed by atoms with Crippen LogP contribution in [0.1, 0.15) is 5.56 Å². The van der Waals surface area contributed by atoms with Crippen molar-refractivity contribution in [2.24, 2.45) is 0 Å². The van der Waals surface area contributed by atoms with E-state index in [0.717, 1.165) is 29.1 Å². The molecule has 0 bridgehead atoms. The molecule has 0 fully saturated rings. The Kier molecular flexibility index (Phi) is 4.73. The highest BCUT2D eigenvalue weighted by Gasteiger charge is 2.30. The van der Waals surface area contributed by atoms with Gasteiger partial charge in [0.2, 0.25) is 6.79 Å². The van der Waals surface area contributed by atoms with E-state index in [9.17, 15) is 13.2 Å². The largest absolute Gasteiger partial charge is 0.454 e. The Morgan fingerprint density at radius 3 is 2.50 bits per heavy atom. The van der Waals surface area contributed by atoms with Gasteiger partial charge >= 0.3 is 6.18 Å². The predicted octanol–water partition coefficient (Wildman–Crippen LogP) is 5.65. The van der Waals surface area contributed by atoms with Gasteiger partial charge in [0.05, 0.1) is 11.3 Å². The minimum absolute atomic E-state index is 0.190. The zero-order valence-corrected chi connectivity index (χ0v) is 16.8. The summed E-state index contributed by atoms with van der Waals surface area (Å²) in [6.07, 6.45) is -4.43. The number of aromatic nitrogens is 3. The number of hydrogen-bond acceptors (Lipinski definition) is 5. The fourth-order valence-corrected chi connectivity index (χ4v) is 3.56. The topological polar surface area (TPSA) is 63.3 Å². The number of para-hydroxylation sites is 1. The molecule has 0 spiro atoms. The van der Waals surface area contributed by atoms with Crippen molar-refractivity contribution in [3.63, 3.8) is 0 Å². The van der Waals surface area contributed by atoms with Crippen molar-refractivity contribution in [1.29, 1.82) is 0 Å². The van der Waals surface area contributed by atoms with Crippen LogP contribution in [-0.4, -0.2) is 29.0 Å². The van der Waals surface area contributed by atoms with Crippen LogP contribution in [0.4, 0.5) is 24.5 Å². The quantitative estimate of drug-likeness (QED) is 0.446. The van der Waals surface area contributed by atoms with Crippen LogP contribution in [0.15, 0.2) is 66.7 Å². The van der Waals surface area contributed by atoms with Crippen LogP contribution in [0.3, 0.4) is 0 Å². The van der Waals surface area contributed by atoms with Crippen LogP contribution < -0.4 is 14.4 Å². The molecule has 0 saturated carbocycles. The van der Waals surface area contributed by atoms with Gasteiger partial charge in [0.1, 0.15) is 0 Å². The lowest BCUT2D eigenvalue weighted by Crippen LogP contribution is -2.10. The number of nitrogens with zero attached hydrogens (tertiary/aromatic N) is 3. The third-order valence-corrected chi connectivity index (χ3v) is 5.21. The Morgan fingerprint density at radius 1 is 0.875 bits per heavy atom. The van der Waals surface area contributed by atoms with Crippen molar-refractivity contribution in [3.05, 3.63) is 72.3 Å². The SMILES string of the molecule is CN(c1ccc2c(c1)OCO2)c1ccccc1-c1nnc(-c2cccc(C(F)(F)F)c2)[nH]1. The van der Waals surface area contributed by atoms with Crippen LogP contribution in [0.2, 0.25) is 0 Å². The number of anilines is 2. The second-order valence-corrected chi connectivity index (χ2v) is 7.21. The zero-order valence-electron chi connectivity index (χ0n) is 16.8. The van der Waals surface area contributed by atoms with Crippen molar-refractivity contribution in [3.8, 4) is 34.3 Å². The molecule has 32 heavy (non-hydrogen) atoms. The van der Waals surface area contributed by atoms with Gasteiger partial charge in [-0.15, -0.1) is 10.2 Å². The maximum Gasteiger partial charge on any atom is 0.416 e. The summed E-state index contributed by atoms with van der Waals surface area (Å²) >= 11 is 0. The van der Waals surface area contributed by atoms with Gasteiger partial charge in [-0.3, -0.25) is 0 Å². The highest BCUT2D eigenvalue weighted by molar-refractivity contribution is 5.80. The molecule has 1 aliphatic rings. The first kappa shape index (κ1) is 19.9. The standard InChI is InChI=1S/C23H17F3N4O2/c1-30(16-9-10-19-20(12-16)32-13-31-19)18-8-3-2-7-17(18)22-27-21(28-29-22)14-5-4-6-15(11-14)23(24,25)26/h2-12H,13H2,1H3,(H,27,28,29). The molecule has 3 aromatic carbocycles. The number of fused-ring (bicyclic) bond motifs is 1. The molecular formula is C23H17F3N4O2. The first-order valence-corrected chi connectivity index (χ1v) is 9.73. The molecule has 1 aliphatic heterocycles. The van der Waals surface area contributed by atoms with Crippen molar-refractivity contribution in [1.82, 2.24) is 15.2 Å². The highest BCUT2D eigenvalue weighted by atomic mass is 19.4. The lowest BCUT2D eigenvalue weighted by molar-refractivity contribution is -0.137. The number of rotatable bonds is 4. The molecule has 0 saturated heterocycles. The molecule has 0 aliphatic carbocycles. The molecule has 0 atom stereocenters. The van der Waals surface area contributed by atoms with E-state index < -0.39 is 11.7 Å². The van der Waals surface area contributed by atoms with Crippen LogP contribution >= 0.6 is 0 Å². The summed E-state index contributed by atoms with van der Waals surface area (Å²) in [5.74, 6) is 2.06. The van der Waals surface area contributed by atoms with E-state index >= 15 is 0 Å². The molecular weight excluding hydrogens is 421 g/mol. The average Bonchev–Trinajstić information content (AvgIpc) is 3.47. The van der Waals surface area contributed by atoms with Crippen LogP contribution in [0.5, 0.6) is 11.5 Å². The second-order valence-electron chi connectivity index (χ2n) is 7.21. The minimum atomic E-state index is -4.43. The van der Waals surface area contributed by atoms with Crippen molar-refractivity contribution in [2.45, 2.75) is 6.18 Å². The van der Waals surface area contributed by atoms with Gasteiger partial charge < -0.3 is 19.4 Å². The monoisotopic (exact) mass is 438 g/mol. The van der Waals surface area contributed by atoms with E-state index in [0.29, 0.717) is 22.9 Å². The molecule has 2 heterocycles. The van der Waals surface area contributed by atoms with Gasteiger partial charge in [0.25, 0.3) is 0 Å². The van der Waals surface area contributed by atoms with E-state index in [-0.39, 0.29) is 12.6 Å². The van der Waals surface area contributed by atoms with Crippen LogP contribution in [0.25, 0.3) is 22.8 Å². The molecule has 9 heteroatoms. The first-order chi connectivity index (χ1) is 15.4. The molecule has 0 amide bonds. The Balaban J connectivity index is 1.49. The summed E-state index contributed by atoms with van der Waals surface area (Å²) in [4.78, 5) is 5.01. The Labute approximate surface area is 181 Å². The van der Waals surface area contributed by atoms with Gasteiger partial charge in [0, 0.05) is 29.9 Å². The lowest BCUT2D eigenvalue weighted by atomic mass is 10.1. The van der Waals surface area contributed by atoms with Gasteiger partial charge in [0.15, 0.2) is 23.1 Å². The second kappa shape index (κ2) is 7.60. The number of H-pyrrole nitrogens is 1. The van der Waals surface area contributed by atoms with Crippen molar-refractivity contribution < 1.29 is 22.6 Å². The molecule has 162 valence electrons. The average molecular weight is 438 g/mol. The lowest BCUT2D eigenvalue weighted by Gasteiger charge is -2.22. The summed E-state index contributed by atoms with van der Waals surface area (Å²) < 4.78 is 50.1. The van der Waals surface area contributed by atoms with E-state index in [1.165, 1.54) is 6.07 Å². The number of nitrogens with one attached hydrogen (secondary N) is 1. The van der Waals surface area contributed by atoms with E-state index in [1.54, 1.807) is 6.07 Å². The molecule has 1 aromatic heterocycles. The number of hydrogen-bond donors (Lipinski definition) is 1. The fourth-order valence-electron chi connectivity index (χ4n) is 3.56. The zero-order chi connectivity index (χ0) is 22.3. The number of ether oxygens (including phenoxy) is 2. The third kappa shape index (κ3) is 3.62. The normalized spacial score (nSPS) is 12.8. The van der Waals surface area contributed by atoms with Gasteiger partial charge in [-0.1, -0.05) is 24.3 Å². The van der Waals surface area contributed by atoms with Gasteiger partial charge in [-0.05, 0) is 36.4 Å².